The molecule has 0 unspecified atom stereocenters. The molecule has 1 aliphatic heterocycles. The Hall–Kier alpha value is -6.91. The average Bonchev–Trinajstić information content (AvgIpc) is 3.25. The van der Waals surface area contributed by atoms with Crippen LogP contribution in [-0.4, -0.2) is 15.0 Å². The number of para-hydroxylation sites is 2. The highest BCUT2D eigenvalue weighted by atomic mass is 16.5. The first kappa shape index (κ1) is 31.6. The Labute approximate surface area is 319 Å². The van der Waals surface area contributed by atoms with Gasteiger partial charge < -0.3 is 4.74 Å². The minimum absolute atomic E-state index is 0.325. The van der Waals surface area contributed by atoms with E-state index in [0.29, 0.717) is 17.5 Å². The molecule has 0 saturated carbocycles. The fourth-order valence-corrected chi connectivity index (χ4v) is 9.25. The summed E-state index contributed by atoms with van der Waals surface area (Å²) in [6.45, 7) is 4.68. The number of hydrogen-bond acceptors (Lipinski definition) is 4. The minimum atomic E-state index is -0.583. The van der Waals surface area contributed by atoms with Gasteiger partial charge in [-0.05, 0) is 68.1 Å². The molecule has 11 rings (SSSR count). The summed E-state index contributed by atoms with van der Waals surface area (Å²) < 4.78 is 6.61. The van der Waals surface area contributed by atoms with Crippen LogP contribution in [0.2, 0.25) is 0 Å². The maximum Gasteiger partial charge on any atom is 0.164 e. The van der Waals surface area contributed by atoms with Crippen LogP contribution in [0.5, 0.6) is 11.5 Å². The van der Waals surface area contributed by atoms with Crippen molar-refractivity contribution in [1.29, 1.82) is 0 Å². The van der Waals surface area contributed by atoms with Crippen LogP contribution in [0.15, 0.2) is 176 Å². The first-order valence-corrected chi connectivity index (χ1v) is 18.9. The zero-order valence-electron chi connectivity index (χ0n) is 30.5. The van der Waals surface area contributed by atoms with Crippen molar-refractivity contribution in [2.24, 2.45) is 0 Å². The van der Waals surface area contributed by atoms with Crippen LogP contribution in [-0.2, 0) is 10.8 Å². The number of hydrogen-bond donors (Lipinski definition) is 0. The van der Waals surface area contributed by atoms with Gasteiger partial charge in [-0.15, -0.1) is 0 Å². The second kappa shape index (κ2) is 11.8. The quantitative estimate of drug-likeness (QED) is 0.172. The molecule has 1 aliphatic carbocycles. The highest BCUT2D eigenvalue weighted by molar-refractivity contribution is 6.08. The van der Waals surface area contributed by atoms with Crippen LogP contribution >= 0.6 is 0 Å². The molecule has 1 spiro atoms. The van der Waals surface area contributed by atoms with Gasteiger partial charge in [0.1, 0.15) is 11.5 Å². The predicted molar refractivity (Wildman–Crippen MR) is 222 cm³/mol. The summed E-state index contributed by atoms with van der Waals surface area (Å²) in [5.74, 6) is 3.68. The van der Waals surface area contributed by atoms with Gasteiger partial charge in [0, 0.05) is 33.2 Å². The van der Waals surface area contributed by atoms with Crippen LogP contribution in [0.1, 0.15) is 47.2 Å². The van der Waals surface area contributed by atoms with Crippen molar-refractivity contribution >= 4 is 21.5 Å². The summed E-state index contributed by atoms with van der Waals surface area (Å²) in [5.41, 5.74) is 9.26. The first-order valence-electron chi connectivity index (χ1n) is 18.9. The molecule has 1 aromatic heterocycles. The molecule has 4 nitrogen and oxygen atoms in total. The summed E-state index contributed by atoms with van der Waals surface area (Å²) in [7, 11) is 0. The first-order chi connectivity index (χ1) is 27.0. The second-order valence-electron chi connectivity index (χ2n) is 15.2. The fourth-order valence-electron chi connectivity index (χ4n) is 9.25. The van der Waals surface area contributed by atoms with E-state index in [1.165, 1.54) is 38.4 Å². The third kappa shape index (κ3) is 4.61. The van der Waals surface area contributed by atoms with Crippen molar-refractivity contribution < 1.29 is 4.74 Å². The molecule has 0 saturated heterocycles. The highest BCUT2D eigenvalue weighted by Crippen LogP contribution is 2.61. The molecule has 0 N–H and O–H groups in total. The Kier molecular flexibility index (Phi) is 6.78. The molecule has 9 aromatic rings. The van der Waals surface area contributed by atoms with E-state index >= 15 is 0 Å². The van der Waals surface area contributed by atoms with E-state index < -0.39 is 5.41 Å². The van der Waals surface area contributed by atoms with Gasteiger partial charge in [-0.2, -0.15) is 0 Å². The molecule has 55 heavy (non-hydrogen) atoms. The van der Waals surface area contributed by atoms with Gasteiger partial charge in [0.05, 0.1) is 5.41 Å². The number of nitrogens with zero attached hydrogens (tertiary/aromatic N) is 3. The van der Waals surface area contributed by atoms with Crippen molar-refractivity contribution in [2.45, 2.75) is 24.7 Å². The molecule has 260 valence electrons. The Morgan fingerprint density at radius 3 is 1.60 bits per heavy atom. The van der Waals surface area contributed by atoms with Gasteiger partial charge in [-0.25, -0.2) is 15.0 Å². The van der Waals surface area contributed by atoms with E-state index in [1.54, 1.807) is 0 Å². The molecular formula is C51H35N3O. The van der Waals surface area contributed by atoms with Gasteiger partial charge in [0.2, 0.25) is 0 Å². The molecule has 0 amide bonds. The maximum absolute atomic E-state index is 6.61. The summed E-state index contributed by atoms with van der Waals surface area (Å²) in [6.07, 6.45) is 0. The molecule has 0 fully saturated rings. The maximum atomic E-state index is 6.61. The summed E-state index contributed by atoms with van der Waals surface area (Å²) in [6, 6.07) is 62.4. The number of fused-ring (bicyclic) bond motifs is 11. The Morgan fingerprint density at radius 2 is 0.873 bits per heavy atom. The summed E-state index contributed by atoms with van der Waals surface area (Å²) in [4.78, 5) is 15.5. The van der Waals surface area contributed by atoms with Crippen LogP contribution in [0, 0.1) is 0 Å². The number of benzene rings is 8. The smallest absolute Gasteiger partial charge is 0.164 e. The molecule has 2 aliphatic rings. The van der Waals surface area contributed by atoms with Crippen molar-refractivity contribution in [1.82, 2.24) is 15.0 Å². The molecule has 0 bridgehead atoms. The van der Waals surface area contributed by atoms with Crippen molar-refractivity contribution in [3.63, 3.8) is 0 Å². The Bertz CT molecular complexity index is 2960. The normalized spacial score (nSPS) is 14.4. The Morgan fingerprint density at radius 1 is 0.364 bits per heavy atom. The monoisotopic (exact) mass is 705 g/mol. The van der Waals surface area contributed by atoms with Gasteiger partial charge >= 0.3 is 0 Å². The standard InChI is InChI=1S/C51H35N3O/c1-50(2)39-18-8-9-19-40(39)51(42-20-10-12-22-45(42)55-46-23-13-11-21-43(46)51)41-29-27-36(31-44(41)50)49-53-47(33-15-4-3-5-16-33)52-48(54-49)35-26-28-38-34(30-35)25-24-32-14-6-7-17-37(32)38/h3-31H,1-2H3. The van der Waals surface area contributed by atoms with Gasteiger partial charge in [-0.1, -0.05) is 166 Å². The summed E-state index contributed by atoms with van der Waals surface area (Å²) >= 11 is 0. The van der Waals surface area contributed by atoms with E-state index in [-0.39, 0.29) is 5.41 Å². The van der Waals surface area contributed by atoms with E-state index in [1.807, 2.05) is 18.2 Å². The van der Waals surface area contributed by atoms with Gasteiger partial charge in [0.15, 0.2) is 17.5 Å². The van der Waals surface area contributed by atoms with Crippen LogP contribution in [0.25, 0.3) is 55.7 Å². The van der Waals surface area contributed by atoms with Crippen LogP contribution in [0.4, 0.5) is 0 Å². The van der Waals surface area contributed by atoms with Crippen LogP contribution in [0.3, 0.4) is 0 Å². The lowest BCUT2D eigenvalue weighted by atomic mass is 9.53. The number of aromatic nitrogens is 3. The highest BCUT2D eigenvalue weighted by Gasteiger charge is 2.52. The largest absolute Gasteiger partial charge is 0.457 e. The third-order valence-electron chi connectivity index (χ3n) is 11.8. The van der Waals surface area contributed by atoms with E-state index in [4.69, 9.17) is 19.7 Å². The van der Waals surface area contributed by atoms with Crippen molar-refractivity contribution in [2.75, 3.05) is 0 Å². The van der Waals surface area contributed by atoms with Gasteiger partial charge in [-0.3, -0.25) is 0 Å². The van der Waals surface area contributed by atoms with E-state index in [2.05, 4.69) is 172 Å². The second-order valence-corrected chi connectivity index (χ2v) is 15.2. The van der Waals surface area contributed by atoms with E-state index in [0.717, 1.165) is 44.7 Å². The number of ether oxygens (including phenoxy) is 1. The predicted octanol–water partition coefficient (Wildman–Crippen LogP) is 12.3. The molecule has 8 aromatic carbocycles. The SMILES string of the molecule is CC1(C)c2ccccc2C2(c3ccccc3Oc3ccccc32)c2ccc(-c3nc(-c4ccccc4)nc(-c4ccc5c(ccc6ccccc65)c4)n3)cc21. The zero-order chi connectivity index (χ0) is 36.7. The lowest BCUT2D eigenvalue weighted by Crippen LogP contribution is -2.43. The fraction of sp³-hybridized carbons (Fsp3) is 0.0784. The van der Waals surface area contributed by atoms with Gasteiger partial charge in [0.25, 0.3) is 0 Å². The van der Waals surface area contributed by atoms with Crippen LogP contribution < -0.4 is 4.74 Å². The zero-order valence-corrected chi connectivity index (χ0v) is 30.5. The molecule has 0 atom stereocenters. The van der Waals surface area contributed by atoms with E-state index in [9.17, 15) is 0 Å². The lowest BCUT2D eigenvalue weighted by Gasteiger charge is -2.50. The molecular weight excluding hydrogens is 671 g/mol. The molecule has 4 heteroatoms. The van der Waals surface area contributed by atoms with Crippen molar-refractivity contribution in [3.05, 3.63) is 209 Å². The average molecular weight is 706 g/mol. The Balaban J connectivity index is 1.15. The topological polar surface area (TPSA) is 47.9 Å². The summed E-state index contributed by atoms with van der Waals surface area (Å²) in [5, 5.41) is 4.82. The molecule has 2 heterocycles. The minimum Gasteiger partial charge on any atom is -0.457 e. The number of rotatable bonds is 3. The third-order valence-corrected chi connectivity index (χ3v) is 11.8. The lowest BCUT2D eigenvalue weighted by molar-refractivity contribution is 0.425. The molecule has 0 radical (unpaired) electrons. The van der Waals surface area contributed by atoms with Crippen molar-refractivity contribution in [3.8, 4) is 45.7 Å².